The number of nitrogens with one attached hydrogen (secondary N) is 1. The lowest BCUT2D eigenvalue weighted by Gasteiger charge is -2.22. The molecule has 1 aromatic carbocycles. The first-order chi connectivity index (χ1) is 9.22. The van der Waals surface area contributed by atoms with Crippen LogP contribution in [0.4, 0.5) is 5.69 Å². The number of ether oxygens (including phenoxy) is 1. The number of carbonyl (C=O) groups excluding carboxylic acids is 1. The molecule has 0 saturated carbocycles. The van der Waals surface area contributed by atoms with Crippen molar-refractivity contribution in [3.8, 4) is 5.75 Å². The molecule has 1 aliphatic rings. The first-order valence-corrected chi connectivity index (χ1v) is 6.98. The normalized spacial score (nSPS) is 16.2. The van der Waals surface area contributed by atoms with Crippen LogP contribution in [-0.2, 0) is 4.79 Å². The van der Waals surface area contributed by atoms with E-state index >= 15 is 0 Å². The number of benzene rings is 1. The standard InChI is InChI=1S/C15H22N2O2/c1-3-12(2)16-11-15(18)17-9-6-10-19-14-8-5-4-7-13(14)17/h4-5,7-8,12,16H,3,6,9-11H2,1-2H3. The Balaban J connectivity index is 2.08. The lowest BCUT2D eigenvalue weighted by molar-refractivity contribution is -0.117. The van der Waals surface area contributed by atoms with Crippen LogP contribution in [0.5, 0.6) is 5.75 Å². The number of nitrogens with zero attached hydrogens (tertiary/aromatic N) is 1. The van der Waals surface area contributed by atoms with E-state index in [0.29, 0.717) is 19.2 Å². The Morgan fingerprint density at radius 1 is 1.47 bits per heavy atom. The van der Waals surface area contributed by atoms with Crippen LogP contribution >= 0.6 is 0 Å². The summed E-state index contributed by atoms with van der Waals surface area (Å²) in [5.74, 6) is 0.912. The summed E-state index contributed by atoms with van der Waals surface area (Å²) in [7, 11) is 0. The average molecular weight is 262 g/mol. The van der Waals surface area contributed by atoms with E-state index in [-0.39, 0.29) is 5.91 Å². The van der Waals surface area contributed by atoms with E-state index in [1.807, 2.05) is 29.2 Å². The second-order valence-corrected chi connectivity index (χ2v) is 4.91. The molecule has 1 unspecified atom stereocenters. The molecule has 1 amide bonds. The first kappa shape index (κ1) is 13.9. The van der Waals surface area contributed by atoms with E-state index in [0.717, 1.165) is 30.8 Å². The minimum Gasteiger partial charge on any atom is -0.491 e. The number of anilines is 1. The fourth-order valence-corrected chi connectivity index (χ4v) is 2.09. The number of amides is 1. The van der Waals surface area contributed by atoms with Gasteiger partial charge in [-0.3, -0.25) is 4.79 Å². The second-order valence-electron chi connectivity index (χ2n) is 4.91. The summed E-state index contributed by atoms with van der Waals surface area (Å²) in [6, 6.07) is 8.10. The van der Waals surface area contributed by atoms with Gasteiger partial charge in [-0.1, -0.05) is 19.1 Å². The Kier molecular flexibility index (Phi) is 4.80. The number of fused-ring (bicyclic) bond motifs is 1. The third-order valence-electron chi connectivity index (χ3n) is 3.45. The Bertz CT molecular complexity index is 434. The van der Waals surface area contributed by atoms with Crippen molar-refractivity contribution >= 4 is 11.6 Å². The molecule has 0 fully saturated rings. The monoisotopic (exact) mass is 262 g/mol. The molecule has 0 bridgehead atoms. The smallest absolute Gasteiger partial charge is 0.241 e. The van der Waals surface area contributed by atoms with Crippen molar-refractivity contribution in [3.05, 3.63) is 24.3 Å². The van der Waals surface area contributed by atoms with Gasteiger partial charge in [0.25, 0.3) is 0 Å². The molecule has 1 heterocycles. The van der Waals surface area contributed by atoms with Crippen LogP contribution in [0.1, 0.15) is 26.7 Å². The van der Waals surface area contributed by atoms with Crippen LogP contribution in [0.3, 0.4) is 0 Å². The van der Waals surface area contributed by atoms with E-state index in [1.54, 1.807) is 0 Å². The highest BCUT2D eigenvalue weighted by Crippen LogP contribution is 2.30. The van der Waals surface area contributed by atoms with Crippen molar-refractivity contribution < 1.29 is 9.53 Å². The van der Waals surface area contributed by atoms with Crippen LogP contribution in [0, 0.1) is 0 Å². The van der Waals surface area contributed by atoms with Crippen molar-refractivity contribution in [2.75, 3.05) is 24.6 Å². The van der Waals surface area contributed by atoms with E-state index in [1.165, 1.54) is 0 Å². The molecule has 1 N–H and O–H groups in total. The minimum absolute atomic E-state index is 0.109. The van der Waals surface area contributed by atoms with Gasteiger partial charge in [0.2, 0.25) is 5.91 Å². The van der Waals surface area contributed by atoms with Crippen molar-refractivity contribution in [1.82, 2.24) is 5.32 Å². The molecular weight excluding hydrogens is 240 g/mol. The third-order valence-corrected chi connectivity index (χ3v) is 3.45. The zero-order valence-corrected chi connectivity index (χ0v) is 11.7. The fraction of sp³-hybridized carbons (Fsp3) is 0.533. The predicted molar refractivity (Wildman–Crippen MR) is 76.7 cm³/mol. The molecule has 1 atom stereocenters. The molecule has 1 aliphatic heterocycles. The van der Waals surface area contributed by atoms with Gasteiger partial charge in [0.05, 0.1) is 18.8 Å². The summed E-state index contributed by atoms with van der Waals surface area (Å²) in [5.41, 5.74) is 0.885. The van der Waals surface area contributed by atoms with Crippen LogP contribution in [0.25, 0.3) is 0 Å². The highest BCUT2D eigenvalue weighted by molar-refractivity contribution is 5.96. The molecule has 1 aromatic rings. The van der Waals surface area contributed by atoms with Crippen molar-refractivity contribution in [1.29, 1.82) is 0 Å². The number of para-hydroxylation sites is 2. The zero-order valence-electron chi connectivity index (χ0n) is 11.7. The van der Waals surface area contributed by atoms with Crippen molar-refractivity contribution in [3.63, 3.8) is 0 Å². The van der Waals surface area contributed by atoms with Crippen molar-refractivity contribution in [2.24, 2.45) is 0 Å². The summed E-state index contributed by atoms with van der Waals surface area (Å²) in [6.45, 7) is 5.96. The van der Waals surface area contributed by atoms with Gasteiger partial charge in [0.15, 0.2) is 0 Å². The minimum atomic E-state index is 0.109. The van der Waals surface area contributed by atoms with E-state index in [2.05, 4.69) is 19.2 Å². The highest BCUT2D eigenvalue weighted by atomic mass is 16.5. The summed E-state index contributed by atoms with van der Waals surface area (Å²) in [5, 5.41) is 3.25. The van der Waals surface area contributed by atoms with Crippen LogP contribution in [-0.4, -0.2) is 31.6 Å². The maximum absolute atomic E-state index is 12.3. The first-order valence-electron chi connectivity index (χ1n) is 6.98. The molecule has 0 aliphatic carbocycles. The Morgan fingerprint density at radius 2 is 2.26 bits per heavy atom. The SMILES string of the molecule is CCC(C)NCC(=O)N1CCCOc2ccccc21. The van der Waals surface area contributed by atoms with Gasteiger partial charge < -0.3 is 15.0 Å². The number of carbonyl (C=O) groups is 1. The molecule has 2 rings (SSSR count). The summed E-state index contributed by atoms with van der Waals surface area (Å²) in [4.78, 5) is 14.2. The lowest BCUT2D eigenvalue weighted by Crippen LogP contribution is -2.41. The molecule has 0 saturated heterocycles. The van der Waals surface area contributed by atoms with Gasteiger partial charge in [0, 0.05) is 12.6 Å². The molecule has 0 spiro atoms. The zero-order chi connectivity index (χ0) is 13.7. The van der Waals surface area contributed by atoms with E-state index in [9.17, 15) is 4.79 Å². The summed E-state index contributed by atoms with van der Waals surface area (Å²) < 4.78 is 5.66. The second kappa shape index (κ2) is 6.57. The Morgan fingerprint density at radius 3 is 3.05 bits per heavy atom. The summed E-state index contributed by atoms with van der Waals surface area (Å²) in [6.07, 6.45) is 1.89. The fourth-order valence-electron chi connectivity index (χ4n) is 2.09. The maximum atomic E-state index is 12.3. The lowest BCUT2D eigenvalue weighted by atomic mass is 10.2. The van der Waals surface area contributed by atoms with Gasteiger partial charge in [-0.25, -0.2) is 0 Å². The molecule has 4 nitrogen and oxygen atoms in total. The highest BCUT2D eigenvalue weighted by Gasteiger charge is 2.21. The van der Waals surface area contributed by atoms with Gasteiger partial charge in [-0.15, -0.1) is 0 Å². The topological polar surface area (TPSA) is 41.6 Å². The van der Waals surface area contributed by atoms with E-state index in [4.69, 9.17) is 4.74 Å². The number of rotatable bonds is 4. The Hall–Kier alpha value is -1.55. The largest absolute Gasteiger partial charge is 0.491 e. The molecule has 104 valence electrons. The van der Waals surface area contributed by atoms with Gasteiger partial charge in [-0.2, -0.15) is 0 Å². The van der Waals surface area contributed by atoms with Crippen molar-refractivity contribution in [2.45, 2.75) is 32.7 Å². The molecule has 4 heteroatoms. The van der Waals surface area contributed by atoms with Crippen LogP contribution in [0.15, 0.2) is 24.3 Å². The van der Waals surface area contributed by atoms with E-state index < -0.39 is 0 Å². The average Bonchev–Trinajstić information content (AvgIpc) is 2.66. The third kappa shape index (κ3) is 3.47. The number of hydrogen-bond donors (Lipinski definition) is 1. The van der Waals surface area contributed by atoms with Gasteiger partial charge >= 0.3 is 0 Å². The number of hydrogen-bond acceptors (Lipinski definition) is 3. The quantitative estimate of drug-likeness (QED) is 0.904. The molecule has 0 radical (unpaired) electrons. The molecule has 19 heavy (non-hydrogen) atoms. The van der Waals surface area contributed by atoms with Crippen LogP contribution < -0.4 is 15.0 Å². The van der Waals surface area contributed by atoms with Crippen LogP contribution in [0.2, 0.25) is 0 Å². The van der Waals surface area contributed by atoms with Gasteiger partial charge in [0.1, 0.15) is 5.75 Å². The summed E-state index contributed by atoms with van der Waals surface area (Å²) >= 11 is 0. The maximum Gasteiger partial charge on any atom is 0.241 e. The molecule has 0 aromatic heterocycles. The predicted octanol–water partition coefficient (Wildman–Crippen LogP) is 2.19. The van der Waals surface area contributed by atoms with Gasteiger partial charge in [-0.05, 0) is 31.9 Å². The Labute approximate surface area is 114 Å². The molecular formula is C15H22N2O2.